The number of hydrogen-bond acceptors (Lipinski definition) is 14. The Bertz CT molecular complexity index is 1940. The van der Waals surface area contributed by atoms with Crippen LogP contribution in [0, 0.1) is 0 Å². The summed E-state index contributed by atoms with van der Waals surface area (Å²) >= 11 is 1.23. The molecule has 16 heteroatoms. The highest BCUT2D eigenvalue weighted by molar-refractivity contribution is 7.99. The number of benzene rings is 4. The maximum Gasteiger partial charge on any atom is 0.342 e. The van der Waals surface area contributed by atoms with Crippen molar-refractivity contribution in [2.24, 2.45) is 0 Å². The van der Waals surface area contributed by atoms with E-state index in [0.717, 1.165) is 14.2 Å². The maximum atomic E-state index is 14.1. The Hall–Kier alpha value is -4.10. The van der Waals surface area contributed by atoms with Gasteiger partial charge in [0.2, 0.25) is 0 Å². The second-order valence-electron chi connectivity index (χ2n) is 12.0. The Kier molecular flexibility index (Phi) is 15.4. The Morgan fingerprint density at radius 2 is 1.02 bits per heavy atom. The lowest BCUT2D eigenvalue weighted by Gasteiger charge is -2.44. The summed E-state index contributed by atoms with van der Waals surface area (Å²) in [4.78, 5) is 40.9. The van der Waals surface area contributed by atoms with Gasteiger partial charge in [0, 0.05) is 14.2 Å². The van der Waals surface area contributed by atoms with E-state index in [4.69, 9.17) is 37.0 Å². The van der Waals surface area contributed by atoms with Crippen LogP contribution in [-0.2, 0) is 52.8 Å². The van der Waals surface area contributed by atoms with Gasteiger partial charge in [-0.3, -0.25) is 9.13 Å². The minimum absolute atomic E-state index is 0.105. The van der Waals surface area contributed by atoms with E-state index in [-0.39, 0.29) is 23.3 Å². The second kappa shape index (κ2) is 20.2. The van der Waals surface area contributed by atoms with E-state index in [2.05, 4.69) is 0 Å². The lowest BCUT2D eigenvalue weighted by Crippen LogP contribution is -2.61. The molecule has 0 aliphatic carbocycles. The number of rotatable bonds is 18. The summed E-state index contributed by atoms with van der Waals surface area (Å²) in [6.45, 7) is 1.16. The van der Waals surface area contributed by atoms with Crippen molar-refractivity contribution in [3.8, 4) is 0 Å². The smallest absolute Gasteiger partial charge is 0.342 e. The van der Waals surface area contributed by atoms with Gasteiger partial charge in [-0.05, 0) is 47.7 Å². The molecular weight excluding hydrogens is 770 g/mol. The first-order chi connectivity index (χ1) is 26.6. The molecule has 1 heterocycles. The lowest BCUT2D eigenvalue weighted by molar-refractivity contribution is -0.205. The Morgan fingerprint density at radius 3 is 1.47 bits per heavy atom. The molecule has 5 rings (SSSR count). The molecule has 1 aliphatic rings. The highest BCUT2D eigenvalue weighted by Crippen LogP contribution is 2.63. The van der Waals surface area contributed by atoms with E-state index < -0.39 is 75.5 Å². The van der Waals surface area contributed by atoms with Gasteiger partial charge in [-0.2, -0.15) is 0 Å². The number of carbonyl (C=O) groups is 3. The third-order valence-corrected chi connectivity index (χ3v) is 14.3. The molecule has 0 radical (unpaired) electrons. The largest absolute Gasteiger partial charge is 0.452 e. The molecule has 4 aromatic rings. The first-order valence-corrected chi connectivity index (χ1v) is 21.7. The van der Waals surface area contributed by atoms with Crippen molar-refractivity contribution < 1.29 is 60.6 Å². The molecule has 0 N–H and O–H groups in total. The van der Waals surface area contributed by atoms with Gasteiger partial charge >= 0.3 is 33.1 Å². The molecule has 0 amide bonds. The van der Waals surface area contributed by atoms with Gasteiger partial charge in [-0.25, -0.2) is 14.4 Å². The summed E-state index contributed by atoms with van der Waals surface area (Å²) in [5, 5.41) is 0. The third-order valence-electron chi connectivity index (χ3n) is 8.29. The van der Waals surface area contributed by atoms with Crippen molar-refractivity contribution in [1.29, 1.82) is 0 Å². The zero-order valence-corrected chi connectivity index (χ0v) is 33.0. The monoisotopic (exact) mass is 812 g/mol. The summed E-state index contributed by atoms with van der Waals surface area (Å²) in [5.74, 6) is -2.67. The van der Waals surface area contributed by atoms with Gasteiger partial charge in [0.1, 0.15) is 11.5 Å². The third kappa shape index (κ3) is 11.7. The average Bonchev–Trinajstić information content (AvgIpc) is 3.22. The van der Waals surface area contributed by atoms with Crippen LogP contribution in [0.25, 0.3) is 0 Å². The van der Waals surface area contributed by atoms with Crippen LogP contribution in [0.15, 0.2) is 121 Å². The highest BCUT2D eigenvalue weighted by atomic mass is 32.2. The number of esters is 3. The van der Waals surface area contributed by atoms with Crippen molar-refractivity contribution in [3.63, 3.8) is 0 Å². The number of carbonyl (C=O) groups excluding carboxylic acids is 3. The molecule has 0 spiro atoms. The van der Waals surface area contributed by atoms with Gasteiger partial charge in [0.15, 0.2) is 24.2 Å². The molecule has 2 unspecified atom stereocenters. The standard InChI is InChI=1S/C39H42O13P2S/c1-4-55-39-35(52-38(42)31-23-15-8-16-24-31)34(51-37(41)30-21-13-7-14-22-30)33(50-36(40)29-19-11-6-12-20-29)32(49-39)26-48-54(44,46-3)27-53(43,45-2)47-25-28-17-9-5-10-18-28/h5-24,32-35,39H,4,25-27H2,1-3H3/t32-,33+,34+,35-,39+,53?,54?/m1/s1. The van der Waals surface area contributed by atoms with Crippen molar-refractivity contribution in [2.45, 2.75) is 43.4 Å². The fraction of sp³-hybridized carbons (Fsp3) is 0.308. The Balaban J connectivity index is 1.49. The van der Waals surface area contributed by atoms with Crippen molar-refractivity contribution in [2.75, 3.05) is 32.5 Å². The fourth-order valence-electron chi connectivity index (χ4n) is 5.46. The van der Waals surface area contributed by atoms with Gasteiger partial charge in [-0.1, -0.05) is 91.9 Å². The summed E-state index contributed by atoms with van der Waals surface area (Å²) in [6.07, 6.45) is -5.59. The molecule has 0 aromatic heterocycles. The van der Waals surface area contributed by atoms with Crippen molar-refractivity contribution >= 4 is 44.9 Å². The van der Waals surface area contributed by atoms with Gasteiger partial charge in [0.25, 0.3) is 0 Å². The fourth-order valence-corrected chi connectivity index (χ4v) is 10.6. The molecule has 4 aromatic carbocycles. The average molecular weight is 813 g/mol. The molecule has 7 atom stereocenters. The minimum Gasteiger partial charge on any atom is -0.452 e. The number of ether oxygens (including phenoxy) is 4. The molecule has 1 aliphatic heterocycles. The molecule has 292 valence electrons. The molecular formula is C39H42O13P2S. The molecule has 0 saturated carbocycles. The van der Waals surface area contributed by atoms with Crippen molar-refractivity contribution in [3.05, 3.63) is 144 Å². The minimum atomic E-state index is -4.29. The zero-order valence-electron chi connectivity index (χ0n) is 30.4. The zero-order chi connectivity index (χ0) is 39.3. The predicted molar refractivity (Wildman–Crippen MR) is 205 cm³/mol. The van der Waals surface area contributed by atoms with Crippen LogP contribution in [0.4, 0.5) is 0 Å². The van der Waals surface area contributed by atoms with Gasteiger partial charge < -0.3 is 37.0 Å². The summed E-state index contributed by atoms with van der Waals surface area (Å²) in [5.41, 5.74) is 0.254. The Labute approximate surface area is 324 Å². The first-order valence-electron chi connectivity index (χ1n) is 17.2. The van der Waals surface area contributed by atoms with Crippen LogP contribution >= 0.6 is 27.0 Å². The Morgan fingerprint density at radius 1 is 0.600 bits per heavy atom. The molecule has 0 bridgehead atoms. The van der Waals surface area contributed by atoms with Crippen LogP contribution in [0.1, 0.15) is 43.6 Å². The van der Waals surface area contributed by atoms with Crippen LogP contribution in [0.2, 0.25) is 0 Å². The number of thioether (sulfide) groups is 1. The summed E-state index contributed by atoms with van der Waals surface area (Å²) < 4.78 is 74.3. The lowest BCUT2D eigenvalue weighted by atomic mass is 9.98. The molecule has 1 fully saturated rings. The quantitative estimate of drug-likeness (QED) is 0.0540. The van der Waals surface area contributed by atoms with E-state index in [9.17, 15) is 23.5 Å². The van der Waals surface area contributed by atoms with Crippen LogP contribution in [0.3, 0.4) is 0 Å². The van der Waals surface area contributed by atoms with Crippen LogP contribution in [0.5, 0.6) is 0 Å². The van der Waals surface area contributed by atoms with E-state index in [0.29, 0.717) is 11.3 Å². The first kappa shape index (κ1) is 42.1. The van der Waals surface area contributed by atoms with Gasteiger partial charge in [-0.15, -0.1) is 11.8 Å². The normalized spacial score (nSPS) is 21.7. The number of hydrogen-bond donors (Lipinski definition) is 0. The van der Waals surface area contributed by atoms with Crippen molar-refractivity contribution in [1.82, 2.24) is 0 Å². The highest BCUT2D eigenvalue weighted by Gasteiger charge is 2.53. The van der Waals surface area contributed by atoms with Crippen LogP contribution in [-0.4, -0.2) is 80.2 Å². The van der Waals surface area contributed by atoms with E-state index >= 15 is 0 Å². The van der Waals surface area contributed by atoms with E-state index in [1.54, 1.807) is 103 Å². The van der Waals surface area contributed by atoms with E-state index in [1.165, 1.54) is 23.9 Å². The molecule has 55 heavy (non-hydrogen) atoms. The summed E-state index contributed by atoms with van der Waals surface area (Å²) in [7, 11) is -6.08. The van der Waals surface area contributed by atoms with Crippen LogP contribution < -0.4 is 0 Å². The topological polar surface area (TPSA) is 159 Å². The molecule has 1 saturated heterocycles. The predicted octanol–water partition coefficient (Wildman–Crippen LogP) is 8.01. The maximum absolute atomic E-state index is 14.1. The van der Waals surface area contributed by atoms with E-state index in [1.807, 2.05) is 13.0 Å². The summed E-state index contributed by atoms with van der Waals surface area (Å²) in [6, 6.07) is 33.3. The SMILES string of the molecule is CCS[C@@H]1O[C@H](COP(=O)(CP(=O)(OC)OCc2ccccc2)OC)[C@H](OC(=O)c2ccccc2)[C@H](OC(=O)c2ccccc2)[C@H]1OC(=O)c1ccccc1. The molecule has 13 nitrogen and oxygen atoms in total. The van der Waals surface area contributed by atoms with Gasteiger partial charge in [0.05, 0.1) is 29.9 Å². The second-order valence-corrected chi connectivity index (χ2v) is 18.2.